The van der Waals surface area contributed by atoms with E-state index in [1.165, 1.54) is 53.5 Å². The molecule has 0 amide bonds. The van der Waals surface area contributed by atoms with Crippen LogP contribution in [-0.4, -0.2) is 0 Å². The molecule has 0 spiro atoms. The van der Waals surface area contributed by atoms with Gasteiger partial charge in [-0.1, -0.05) is 111 Å². The molecule has 0 atom stereocenters. The molecule has 2 aliphatic carbocycles. The van der Waals surface area contributed by atoms with Crippen molar-refractivity contribution in [2.75, 3.05) is 0 Å². The molecule has 5 rings (SSSR count). The van der Waals surface area contributed by atoms with Gasteiger partial charge in [0.1, 0.15) is 0 Å². The van der Waals surface area contributed by atoms with Crippen molar-refractivity contribution in [3.05, 3.63) is 109 Å². The summed E-state index contributed by atoms with van der Waals surface area (Å²) in [5, 5.41) is 0. The third-order valence-electron chi connectivity index (χ3n) is 4.71. The maximum absolute atomic E-state index is 2.36. The normalized spacial score (nSPS) is 11.6. The summed E-state index contributed by atoms with van der Waals surface area (Å²) >= 11 is 0. The van der Waals surface area contributed by atoms with Crippen LogP contribution >= 0.6 is 0 Å². The summed E-state index contributed by atoms with van der Waals surface area (Å²) in [4.78, 5) is 0. The molecule has 30 heavy (non-hydrogen) atoms. The Morgan fingerprint density at radius 3 is 1.33 bits per heavy atom. The van der Waals surface area contributed by atoms with Gasteiger partial charge in [-0.15, -0.1) is 0 Å². The van der Waals surface area contributed by atoms with Gasteiger partial charge in [0, 0.05) is 65.4 Å². The third kappa shape index (κ3) is 10.9. The van der Waals surface area contributed by atoms with Crippen LogP contribution in [0.15, 0.2) is 78.9 Å². The first-order chi connectivity index (χ1) is 13.3. The van der Waals surface area contributed by atoms with Gasteiger partial charge in [0.25, 0.3) is 0 Å². The molecule has 3 aromatic carbocycles. The van der Waals surface area contributed by atoms with Gasteiger partial charge in [-0.3, -0.25) is 0 Å². The first-order valence-electron chi connectivity index (χ1n) is 10.3. The Kier molecular flexibility index (Phi) is 20.9. The quantitative estimate of drug-likeness (QED) is 0.193. The van der Waals surface area contributed by atoms with Crippen molar-refractivity contribution >= 4 is 0 Å². The van der Waals surface area contributed by atoms with Crippen LogP contribution in [0.25, 0.3) is 11.1 Å². The predicted molar refractivity (Wildman–Crippen MR) is 126 cm³/mol. The summed E-state index contributed by atoms with van der Waals surface area (Å²) in [6, 6.07) is 27.6. The minimum Gasteiger partial charge on any atom is -0.358 e. The average Bonchev–Trinajstić information content (AvgIpc) is 3.42. The molecule has 0 N–H and O–H groups in total. The van der Waals surface area contributed by atoms with E-state index in [1.807, 2.05) is 32.0 Å². The van der Waals surface area contributed by atoms with Gasteiger partial charge in [0.05, 0.1) is 0 Å². The van der Waals surface area contributed by atoms with Crippen LogP contribution in [0.4, 0.5) is 0 Å². The summed E-state index contributed by atoms with van der Waals surface area (Å²) in [5.74, 6) is 0. The summed E-state index contributed by atoms with van der Waals surface area (Å²) in [6.45, 7) is 6.08. The Bertz CT molecular complexity index is 726. The van der Waals surface area contributed by atoms with E-state index in [4.69, 9.17) is 0 Å². The monoisotopic (exact) mass is 550 g/mol. The Morgan fingerprint density at radius 1 is 0.600 bits per heavy atom. The topological polar surface area (TPSA) is 0 Å². The van der Waals surface area contributed by atoms with E-state index < -0.39 is 0 Å². The van der Waals surface area contributed by atoms with Crippen LogP contribution in [0.1, 0.15) is 56.2 Å². The van der Waals surface area contributed by atoms with Gasteiger partial charge >= 0.3 is 0 Å². The van der Waals surface area contributed by atoms with Gasteiger partial charge in [-0.2, -0.15) is 12.8 Å². The molecule has 0 aromatic heterocycles. The molecule has 1 saturated carbocycles. The van der Waals surface area contributed by atoms with Crippen molar-refractivity contribution in [2.45, 2.75) is 52.9 Å². The molecule has 1 fully saturated rings. The van der Waals surface area contributed by atoms with Crippen LogP contribution in [-0.2, 0) is 71.8 Å². The molecule has 0 heterocycles. The maximum Gasteiger partial charge on any atom is 0 e. The Labute approximate surface area is 236 Å². The van der Waals surface area contributed by atoms with Crippen molar-refractivity contribution in [2.24, 2.45) is 0 Å². The van der Waals surface area contributed by atoms with E-state index in [9.17, 15) is 0 Å². The standard InChI is InChI=1S/C13H10.C7H8.C5H9.C2H6.CH3.2Y/c1-3-7-12-10(5-1)9-11-6-2-4-8-13(11)12;1-7-5-3-2-4-6-7;1-2-4-5-3-1;1-2;;;/h1-8H,9H2;2-6H,1H3;1H,2-5H2;1-2H3;1H3;;/q;;-1;;-1;;. The van der Waals surface area contributed by atoms with Gasteiger partial charge in [0.2, 0.25) is 0 Å². The predicted octanol–water partition coefficient (Wildman–Crippen LogP) is 8.49. The van der Waals surface area contributed by atoms with E-state index in [0.29, 0.717) is 0 Å². The average molecular weight is 550 g/mol. The van der Waals surface area contributed by atoms with Crippen LogP contribution in [0, 0.1) is 20.8 Å². The SMILES string of the molecule is CC.Cc1ccccc1.[CH-]1CCCC1.[CH3-].[Y].[Y].c1ccc2c(c1)Cc1ccccc1-2. The van der Waals surface area contributed by atoms with Gasteiger partial charge in [-0.25, -0.2) is 0 Å². The second kappa shape index (κ2) is 19.5. The van der Waals surface area contributed by atoms with E-state index in [-0.39, 0.29) is 72.8 Å². The molecule has 2 radical (unpaired) electrons. The fourth-order valence-electron chi connectivity index (χ4n) is 3.34. The number of rotatable bonds is 0. The first kappa shape index (κ1) is 32.0. The number of benzene rings is 3. The second-order valence-corrected chi connectivity index (χ2v) is 6.72. The molecule has 3 aromatic rings. The fourth-order valence-corrected chi connectivity index (χ4v) is 3.34. The number of hydrogen-bond acceptors (Lipinski definition) is 0. The molecule has 156 valence electrons. The van der Waals surface area contributed by atoms with Crippen molar-refractivity contribution in [3.8, 4) is 11.1 Å². The summed E-state index contributed by atoms with van der Waals surface area (Å²) in [5.41, 5.74) is 7.08. The van der Waals surface area contributed by atoms with Gasteiger partial charge in [0.15, 0.2) is 0 Å². The molecular weight excluding hydrogens is 514 g/mol. The fraction of sp³-hybridized carbons (Fsp3) is 0.286. The van der Waals surface area contributed by atoms with Crippen molar-refractivity contribution < 1.29 is 65.4 Å². The van der Waals surface area contributed by atoms with Gasteiger partial charge in [-0.05, 0) is 35.6 Å². The van der Waals surface area contributed by atoms with E-state index in [1.54, 1.807) is 0 Å². The van der Waals surface area contributed by atoms with E-state index in [0.717, 1.165) is 6.42 Å². The zero-order chi connectivity index (χ0) is 19.3. The zero-order valence-electron chi connectivity index (χ0n) is 19.3. The smallest absolute Gasteiger partial charge is 0 e. The van der Waals surface area contributed by atoms with Crippen LogP contribution in [0.5, 0.6) is 0 Å². The number of hydrogen-bond donors (Lipinski definition) is 0. The largest absolute Gasteiger partial charge is 0.358 e. The van der Waals surface area contributed by atoms with E-state index in [2.05, 4.69) is 74.0 Å². The minimum absolute atomic E-state index is 0. The van der Waals surface area contributed by atoms with Crippen molar-refractivity contribution in [1.82, 2.24) is 0 Å². The molecule has 2 heteroatoms. The van der Waals surface area contributed by atoms with Gasteiger partial charge < -0.3 is 13.8 Å². The Morgan fingerprint density at radius 2 is 1.00 bits per heavy atom. The van der Waals surface area contributed by atoms with Crippen LogP contribution in [0.3, 0.4) is 0 Å². The molecular formula is C28H36Y2-2. The molecule has 0 saturated heterocycles. The maximum atomic E-state index is 2.36. The molecule has 0 nitrogen and oxygen atoms in total. The summed E-state index contributed by atoms with van der Waals surface area (Å²) in [7, 11) is 0. The number of aryl methyl sites for hydroxylation is 1. The van der Waals surface area contributed by atoms with Crippen molar-refractivity contribution in [1.29, 1.82) is 0 Å². The number of fused-ring (bicyclic) bond motifs is 3. The summed E-state index contributed by atoms with van der Waals surface area (Å²) < 4.78 is 0. The Hall–Kier alpha value is -0.132. The minimum atomic E-state index is 0. The second-order valence-electron chi connectivity index (χ2n) is 6.72. The molecule has 0 aliphatic heterocycles. The Balaban J connectivity index is 0. The molecule has 2 aliphatic rings. The molecule has 0 bridgehead atoms. The van der Waals surface area contributed by atoms with Crippen molar-refractivity contribution in [3.63, 3.8) is 0 Å². The zero-order valence-corrected chi connectivity index (χ0v) is 24.9. The third-order valence-corrected chi connectivity index (χ3v) is 4.71. The van der Waals surface area contributed by atoms with E-state index >= 15 is 0 Å². The molecule has 0 unspecified atom stereocenters. The van der Waals surface area contributed by atoms with Crippen LogP contribution < -0.4 is 0 Å². The van der Waals surface area contributed by atoms with Crippen LogP contribution in [0.2, 0.25) is 0 Å². The first-order valence-corrected chi connectivity index (χ1v) is 10.3. The summed E-state index contributed by atoms with van der Waals surface area (Å²) in [6.07, 6.45) is 9.10.